The topological polar surface area (TPSA) is 128 Å². The number of nitro groups is 1. The second kappa shape index (κ2) is 8.37. The average Bonchev–Trinajstić information content (AvgIpc) is 2.54. The quantitative estimate of drug-likeness (QED) is 0.220. The highest BCUT2D eigenvalue weighted by atomic mass is 17.2. The summed E-state index contributed by atoms with van der Waals surface area (Å²) in [5.74, 6) is -0.978. The van der Waals surface area contributed by atoms with Crippen molar-refractivity contribution in [3.8, 4) is 0 Å². The molecule has 1 aromatic rings. The van der Waals surface area contributed by atoms with Crippen LogP contribution in [0.5, 0.6) is 0 Å². The van der Waals surface area contributed by atoms with Crippen LogP contribution in [0.1, 0.15) is 18.4 Å². The number of benzene rings is 1. The average molecular weight is 338 g/mol. The van der Waals surface area contributed by atoms with Gasteiger partial charge in [0.15, 0.2) is 0 Å². The molecule has 2 unspecified atom stereocenters. The molecule has 130 valence electrons. The minimum absolute atomic E-state index is 0.00741. The number of hydrogen-bond acceptors (Lipinski definition) is 7. The van der Waals surface area contributed by atoms with Crippen molar-refractivity contribution < 1.29 is 29.4 Å². The molecule has 0 saturated carbocycles. The van der Waals surface area contributed by atoms with Gasteiger partial charge in [-0.15, -0.1) is 0 Å². The molecule has 0 spiro atoms. The van der Waals surface area contributed by atoms with E-state index in [4.69, 9.17) is 9.99 Å². The summed E-state index contributed by atoms with van der Waals surface area (Å²) in [5.41, 5.74) is 0.509. The molecule has 24 heavy (non-hydrogen) atoms. The van der Waals surface area contributed by atoms with Crippen molar-refractivity contribution in [2.24, 2.45) is 5.92 Å². The van der Waals surface area contributed by atoms with Crippen LogP contribution in [0, 0.1) is 16.0 Å². The molecule has 0 radical (unpaired) electrons. The van der Waals surface area contributed by atoms with Gasteiger partial charge in [-0.1, -0.05) is 12.1 Å². The number of rotatable bonds is 9. The van der Waals surface area contributed by atoms with Gasteiger partial charge in [-0.2, -0.15) is 4.89 Å². The van der Waals surface area contributed by atoms with E-state index in [9.17, 15) is 19.7 Å². The minimum Gasteiger partial charge on any atom is -0.396 e. The third-order valence-electron chi connectivity index (χ3n) is 3.75. The van der Waals surface area contributed by atoms with Crippen LogP contribution >= 0.6 is 0 Å². The summed E-state index contributed by atoms with van der Waals surface area (Å²) in [6, 6.07) is 5.48. The highest BCUT2D eigenvalue weighted by Crippen LogP contribution is 2.21. The first-order chi connectivity index (χ1) is 11.5. The Labute approximate surface area is 137 Å². The van der Waals surface area contributed by atoms with Gasteiger partial charge in [0.05, 0.1) is 23.9 Å². The first kappa shape index (κ1) is 17.8. The number of nitro benzene ring substituents is 1. The van der Waals surface area contributed by atoms with E-state index < -0.39 is 10.9 Å². The molecule has 1 amide bonds. The molecular weight excluding hydrogens is 320 g/mol. The van der Waals surface area contributed by atoms with Gasteiger partial charge >= 0.3 is 5.97 Å². The summed E-state index contributed by atoms with van der Waals surface area (Å²) < 4.78 is 0. The number of aliphatic hydroxyl groups excluding tert-OH is 1. The first-order valence-electron chi connectivity index (χ1n) is 7.48. The summed E-state index contributed by atoms with van der Waals surface area (Å²) in [5, 5.41) is 22.1. The van der Waals surface area contributed by atoms with Crippen LogP contribution in [0.4, 0.5) is 5.69 Å². The van der Waals surface area contributed by atoms with Gasteiger partial charge in [0.25, 0.3) is 5.69 Å². The molecule has 1 fully saturated rings. The Hall–Kier alpha value is -2.52. The fraction of sp³-hybridized carbons (Fsp3) is 0.467. The van der Waals surface area contributed by atoms with Crippen LogP contribution in [-0.4, -0.2) is 41.2 Å². The zero-order chi connectivity index (χ0) is 17.5. The van der Waals surface area contributed by atoms with Gasteiger partial charge in [-0.3, -0.25) is 19.8 Å². The third-order valence-corrected chi connectivity index (χ3v) is 3.75. The van der Waals surface area contributed by atoms with Crippen LogP contribution in [0.25, 0.3) is 0 Å². The van der Waals surface area contributed by atoms with E-state index in [1.54, 1.807) is 0 Å². The summed E-state index contributed by atoms with van der Waals surface area (Å²) in [6.07, 6.45) is 0.798. The molecule has 9 heteroatoms. The van der Waals surface area contributed by atoms with Crippen molar-refractivity contribution in [2.75, 3.05) is 13.2 Å². The minimum atomic E-state index is -0.631. The van der Waals surface area contributed by atoms with E-state index in [1.807, 2.05) is 0 Å². The van der Waals surface area contributed by atoms with Gasteiger partial charge in [0.1, 0.15) is 0 Å². The van der Waals surface area contributed by atoms with Crippen molar-refractivity contribution in [3.05, 3.63) is 39.9 Å². The number of nitrogens with one attached hydrogen (secondary N) is 1. The number of carbonyl (C=O) groups excluding carboxylic acids is 2. The van der Waals surface area contributed by atoms with Gasteiger partial charge in [-0.25, -0.2) is 4.79 Å². The van der Waals surface area contributed by atoms with Crippen molar-refractivity contribution in [3.63, 3.8) is 0 Å². The molecule has 0 aromatic heterocycles. The predicted molar refractivity (Wildman–Crippen MR) is 80.6 cm³/mol. The maximum absolute atomic E-state index is 11.6. The second-order valence-corrected chi connectivity index (χ2v) is 5.40. The van der Waals surface area contributed by atoms with Gasteiger partial charge in [0, 0.05) is 24.8 Å². The summed E-state index contributed by atoms with van der Waals surface area (Å²) in [6.45, 7) is 0.0680. The molecule has 1 saturated heterocycles. The molecule has 9 nitrogen and oxygen atoms in total. The molecule has 0 bridgehead atoms. The molecule has 2 N–H and O–H groups in total. The van der Waals surface area contributed by atoms with Crippen molar-refractivity contribution in [2.45, 2.75) is 25.3 Å². The lowest BCUT2D eigenvalue weighted by atomic mass is 9.86. The third kappa shape index (κ3) is 4.74. The number of non-ortho nitro benzene ring substituents is 1. The highest BCUT2D eigenvalue weighted by molar-refractivity contribution is 5.85. The van der Waals surface area contributed by atoms with E-state index in [2.05, 4.69) is 10.2 Å². The molecule has 1 aromatic carbocycles. The van der Waals surface area contributed by atoms with Gasteiger partial charge in [0.2, 0.25) is 5.91 Å². The lowest BCUT2D eigenvalue weighted by Crippen LogP contribution is -2.58. The number of amides is 1. The molecule has 1 aliphatic heterocycles. The summed E-state index contributed by atoms with van der Waals surface area (Å²) in [4.78, 5) is 42.4. The number of carbonyl (C=O) groups is 2. The fourth-order valence-electron chi connectivity index (χ4n) is 2.44. The Morgan fingerprint density at radius 2 is 2.00 bits per heavy atom. The number of aliphatic hydroxyl groups is 1. The maximum atomic E-state index is 11.6. The molecule has 2 rings (SSSR count). The van der Waals surface area contributed by atoms with Crippen LogP contribution in [0.2, 0.25) is 0 Å². The van der Waals surface area contributed by atoms with Crippen molar-refractivity contribution >= 4 is 17.6 Å². The van der Waals surface area contributed by atoms with Crippen molar-refractivity contribution in [1.29, 1.82) is 0 Å². The summed E-state index contributed by atoms with van der Waals surface area (Å²) >= 11 is 0. The van der Waals surface area contributed by atoms with E-state index in [1.165, 1.54) is 24.3 Å². The monoisotopic (exact) mass is 338 g/mol. The fourth-order valence-corrected chi connectivity index (χ4v) is 2.44. The number of nitrogens with zero attached hydrogens (tertiary/aromatic N) is 1. The number of β-lactam (4-membered cyclic amide) rings is 1. The smallest absolute Gasteiger partial charge is 0.346 e. The second-order valence-electron chi connectivity index (χ2n) is 5.40. The van der Waals surface area contributed by atoms with Crippen LogP contribution < -0.4 is 5.32 Å². The van der Waals surface area contributed by atoms with Crippen LogP contribution in [0.3, 0.4) is 0 Å². The van der Waals surface area contributed by atoms with Gasteiger partial charge in [-0.05, 0) is 18.4 Å². The lowest BCUT2D eigenvalue weighted by Gasteiger charge is -2.36. The normalized spacial score (nSPS) is 19.3. The highest BCUT2D eigenvalue weighted by Gasteiger charge is 2.38. The Kier molecular flexibility index (Phi) is 6.21. The van der Waals surface area contributed by atoms with E-state index in [0.29, 0.717) is 18.4 Å². The molecule has 1 aliphatic rings. The largest absolute Gasteiger partial charge is 0.396 e. The van der Waals surface area contributed by atoms with Crippen molar-refractivity contribution in [1.82, 2.24) is 5.32 Å². The lowest BCUT2D eigenvalue weighted by molar-refractivity contribution is -0.384. The SMILES string of the molecule is O=C(Cc1ccc([N+](=O)[O-])cc1)OOCCC1C(=O)NC1CCO. The molecule has 0 aliphatic carbocycles. The Morgan fingerprint density at radius 3 is 2.58 bits per heavy atom. The maximum Gasteiger partial charge on any atom is 0.346 e. The van der Waals surface area contributed by atoms with E-state index in [0.717, 1.165) is 0 Å². The Morgan fingerprint density at radius 1 is 1.29 bits per heavy atom. The first-order valence-corrected chi connectivity index (χ1v) is 7.48. The molecular formula is C15H18N2O7. The predicted octanol–water partition coefficient (Wildman–Crippen LogP) is 0.499. The standard InChI is InChI=1S/C15H18N2O7/c18-7-5-13-12(15(20)16-13)6-8-23-24-14(19)9-10-1-3-11(4-2-10)17(21)22/h1-4,12-13,18H,5-9H2,(H,16,20). The van der Waals surface area contributed by atoms with E-state index >= 15 is 0 Å². The Balaban J connectivity index is 1.66. The zero-order valence-corrected chi connectivity index (χ0v) is 12.8. The van der Waals surface area contributed by atoms with Gasteiger partial charge < -0.3 is 10.4 Å². The molecule has 1 heterocycles. The van der Waals surface area contributed by atoms with E-state index in [-0.39, 0.29) is 43.2 Å². The number of hydrogen-bond donors (Lipinski definition) is 2. The summed E-state index contributed by atoms with van der Waals surface area (Å²) in [7, 11) is 0. The molecule has 2 atom stereocenters. The Bertz CT molecular complexity index is 602. The zero-order valence-electron chi connectivity index (χ0n) is 12.8. The van der Waals surface area contributed by atoms with Crippen LogP contribution in [-0.2, 0) is 25.8 Å². The van der Waals surface area contributed by atoms with Crippen LogP contribution in [0.15, 0.2) is 24.3 Å².